The average Bonchev–Trinajstić information content (AvgIpc) is 2.48. The van der Waals surface area contributed by atoms with Crippen molar-refractivity contribution in [3.63, 3.8) is 0 Å². The topological polar surface area (TPSA) is 63.8 Å². The smallest absolute Gasteiger partial charge is 0.271 e. The van der Waals surface area contributed by atoms with E-state index in [9.17, 15) is 13.2 Å². The molecule has 1 unspecified atom stereocenters. The molecular formula is C14H15F3N4. The van der Waals surface area contributed by atoms with E-state index in [4.69, 9.17) is 5.84 Å². The second-order valence-electron chi connectivity index (χ2n) is 4.54. The van der Waals surface area contributed by atoms with Crippen LogP contribution in [0.25, 0.3) is 0 Å². The van der Waals surface area contributed by atoms with Gasteiger partial charge in [-0.05, 0) is 31.0 Å². The fourth-order valence-corrected chi connectivity index (χ4v) is 2.11. The van der Waals surface area contributed by atoms with Crippen molar-refractivity contribution >= 4 is 0 Å². The van der Waals surface area contributed by atoms with Crippen LogP contribution in [0.2, 0.25) is 0 Å². The summed E-state index contributed by atoms with van der Waals surface area (Å²) in [5.41, 5.74) is 2.56. The van der Waals surface area contributed by atoms with Crippen LogP contribution >= 0.6 is 0 Å². The summed E-state index contributed by atoms with van der Waals surface area (Å²) in [6.07, 6.45) is 0.443. The van der Waals surface area contributed by atoms with Gasteiger partial charge < -0.3 is 0 Å². The first kappa shape index (κ1) is 15.4. The van der Waals surface area contributed by atoms with Crippen molar-refractivity contribution in [1.29, 1.82) is 0 Å². The number of halogens is 3. The van der Waals surface area contributed by atoms with E-state index in [-0.39, 0.29) is 5.56 Å². The van der Waals surface area contributed by atoms with Gasteiger partial charge in [0.1, 0.15) is 0 Å². The number of pyridine rings is 2. The second kappa shape index (κ2) is 6.64. The highest BCUT2D eigenvalue weighted by Crippen LogP contribution is 2.34. The maximum atomic E-state index is 13.0. The highest BCUT2D eigenvalue weighted by Gasteiger charge is 2.35. The number of nitrogens with one attached hydrogen (secondary N) is 1. The molecule has 0 bridgehead atoms. The maximum absolute atomic E-state index is 13.0. The van der Waals surface area contributed by atoms with E-state index in [1.165, 1.54) is 6.20 Å². The summed E-state index contributed by atoms with van der Waals surface area (Å²) >= 11 is 0. The lowest BCUT2D eigenvalue weighted by molar-refractivity contribution is -0.138. The molecule has 0 fully saturated rings. The minimum atomic E-state index is -4.43. The second-order valence-corrected chi connectivity index (χ2v) is 4.54. The Morgan fingerprint density at radius 1 is 1.19 bits per heavy atom. The molecule has 2 aromatic rings. The van der Waals surface area contributed by atoms with E-state index in [1.807, 2.05) is 12.1 Å². The van der Waals surface area contributed by atoms with Crippen molar-refractivity contribution in [1.82, 2.24) is 15.4 Å². The maximum Gasteiger partial charge on any atom is 0.416 e. The molecule has 21 heavy (non-hydrogen) atoms. The van der Waals surface area contributed by atoms with Gasteiger partial charge in [-0.2, -0.15) is 13.2 Å². The monoisotopic (exact) mass is 296 g/mol. The van der Waals surface area contributed by atoms with Crippen LogP contribution in [0.1, 0.15) is 29.3 Å². The molecular weight excluding hydrogens is 281 g/mol. The molecule has 0 aromatic carbocycles. The van der Waals surface area contributed by atoms with Crippen molar-refractivity contribution in [3.8, 4) is 0 Å². The van der Waals surface area contributed by atoms with E-state index in [0.29, 0.717) is 12.8 Å². The van der Waals surface area contributed by atoms with Gasteiger partial charge in [-0.1, -0.05) is 6.07 Å². The third kappa shape index (κ3) is 3.99. The Hall–Kier alpha value is -1.99. The highest BCUT2D eigenvalue weighted by atomic mass is 19.4. The Balaban J connectivity index is 2.18. The molecule has 0 saturated carbocycles. The van der Waals surface area contributed by atoms with Crippen molar-refractivity contribution < 1.29 is 13.2 Å². The number of aromatic nitrogens is 2. The van der Waals surface area contributed by atoms with Crippen LogP contribution in [0, 0.1) is 0 Å². The Morgan fingerprint density at radius 2 is 2.00 bits per heavy atom. The van der Waals surface area contributed by atoms with E-state index < -0.39 is 17.8 Å². The predicted molar refractivity (Wildman–Crippen MR) is 71.9 cm³/mol. The molecule has 0 aliphatic rings. The molecule has 2 aromatic heterocycles. The fourth-order valence-electron chi connectivity index (χ4n) is 2.11. The summed E-state index contributed by atoms with van der Waals surface area (Å²) in [7, 11) is 0. The largest absolute Gasteiger partial charge is 0.416 e. The quantitative estimate of drug-likeness (QED) is 0.657. The van der Waals surface area contributed by atoms with Gasteiger partial charge in [0.05, 0.1) is 5.56 Å². The van der Waals surface area contributed by atoms with Crippen molar-refractivity contribution in [2.45, 2.75) is 25.1 Å². The molecule has 0 radical (unpaired) electrons. The number of hydrogen-bond acceptors (Lipinski definition) is 4. The van der Waals surface area contributed by atoms with Gasteiger partial charge in [-0.3, -0.25) is 21.2 Å². The van der Waals surface area contributed by atoms with E-state index in [2.05, 4.69) is 15.4 Å². The number of rotatable bonds is 5. The van der Waals surface area contributed by atoms with Gasteiger partial charge in [-0.25, -0.2) is 0 Å². The Labute approximate surface area is 120 Å². The molecule has 0 aliphatic carbocycles. The van der Waals surface area contributed by atoms with Gasteiger partial charge in [0.25, 0.3) is 0 Å². The molecule has 0 spiro atoms. The number of hydrogen-bond donors (Lipinski definition) is 2. The minimum Gasteiger partial charge on any atom is -0.271 e. The van der Waals surface area contributed by atoms with Gasteiger partial charge in [0, 0.05) is 35.9 Å². The van der Waals surface area contributed by atoms with E-state index >= 15 is 0 Å². The Kier molecular flexibility index (Phi) is 4.87. The number of nitrogens with zero attached hydrogens (tertiary/aromatic N) is 2. The van der Waals surface area contributed by atoms with Gasteiger partial charge in [0.2, 0.25) is 0 Å². The van der Waals surface area contributed by atoms with Crippen LogP contribution in [-0.4, -0.2) is 9.97 Å². The average molecular weight is 296 g/mol. The first-order valence-electron chi connectivity index (χ1n) is 6.39. The predicted octanol–water partition coefficient (Wildman–Crippen LogP) is 2.63. The summed E-state index contributed by atoms with van der Waals surface area (Å²) in [4.78, 5) is 7.91. The van der Waals surface area contributed by atoms with Crippen LogP contribution in [0.4, 0.5) is 13.2 Å². The zero-order valence-electron chi connectivity index (χ0n) is 11.1. The Morgan fingerprint density at radius 3 is 2.62 bits per heavy atom. The molecule has 3 N–H and O–H groups in total. The van der Waals surface area contributed by atoms with Gasteiger partial charge >= 0.3 is 6.18 Å². The number of nitrogens with two attached hydrogens (primary N) is 1. The molecule has 0 saturated heterocycles. The summed E-state index contributed by atoms with van der Waals surface area (Å²) in [6.45, 7) is 0. The lowest BCUT2D eigenvalue weighted by Gasteiger charge is -2.20. The molecule has 7 heteroatoms. The van der Waals surface area contributed by atoms with Gasteiger partial charge in [0.15, 0.2) is 0 Å². The van der Waals surface area contributed by atoms with E-state index in [0.717, 1.165) is 18.0 Å². The number of aryl methyl sites for hydroxylation is 1. The van der Waals surface area contributed by atoms with Crippen LogP contribution in [0.5, 0.6) is 0 Å². The van der Waals surface area contributed by atoms with Crippen LogP contribution in [0.15, 0.2) is 42.9 Å². The SMILES string of the molecule is NNC(CCc1ccccn1)c1cnccc1C(F)(F)F. The standard InChI is InChI=1S/C14H15F3N4/c15-14(16,17)12-6-8-19-9-11(12)13(21-18)5-4-10-3-1-2-7-20-10/h1-3,6-9,13,21H,4-5,18H2. The van der Waals surface area contributed by atoms with Crippen molar-refractivity contribution in [3.05, 3.63) is 59.7 Å². The molecule has 0 amide bonds. The van der Waals surface area contributed by atoms with Crippen LogP contribution < -0.4 is 11.3 Å². The normalized spacial score (nSPS) is 13.1. The Bertz CT molecular complexity index is 572. The van der Waals surface area contributed by atoms with E-state index in [1.54, 1.807) is 12.3 Å². The van der Waals surface area contributed by atoms with Crippen molar-refractivity contribution in [2.24, 2.45) is 5.84 Å². The molecule has 4 nitrogen and oxygen atoms in total. The van der Waals surface area contributed by atoms with Crippen LogP contribution in [0.3, 0.4) is 0 Å². The zero-order chi connectivity index (χ0) is 15.3. The first-order chi connectivity index (χ1) is 10.0. The zero-order valence-corrected chi connectivity index (χ0v) is 11.1. The first-order valence-corrected chi connectivity index (χ1v) is 6.39. The number of hydrazine groups is 1. The lowest BCUT2D eigenvalue weighted by Crippen LogP contribution is -2.30. The third-order valence-corrected chi connectivity index (χ3v) is 3.15. The molecule has 0 aliphatic heterocycles. The number of alkyl halides is 3. The molecule has 2 heterocycles. The molecule has 1 atom stereocenters. The summed E-state index contributed by atoms with van der Waals surface area (Å²) in [5.74, 6) is 5.42. The van der Waals surface area contributed by atoms with Crippen molar-refractivity contribution in [2.75, 3.05) is 0 Å². The highest BCUT2D eigenvalue weighted by molar-refractivity contribution is 5.29. The summed E-state index contributed by atoms with van der Waals surface area (Å²) in [6, 6.07) is 5.75. The van der Waals surface area contributed by atoms with Crippen LogP contribution in [-0.2, 0) is 12.6 Å². The fraction of sp³-hybridized carbons (Fsp3) is 0.286. The lowest BCUT2D eigenvalue weighted by atomic mass is 9.98. The summed E-state index contributed by atoms with van der Waals surface area (Å²) < 4.78 is 39.0. The summed E-state index contributed by atoms with van der Waals surface area (Å²) in [5, 5.41) is 0. The molecule has 112 valence electrons. The minimum absolute atomic E-state index is 0.0448. The van der Waals surface area contributed by atoms with Gasteiger partial charge in [-0.15, -0.1) is 0 Å². The molecule has 2 rings (SSSR count). The third-order valence-electron chi connectivity index (χ3n) is 3.15.